The first-order chi connectivity index (χ1) is 7.61. The summed E-state index contributed by atoms with van der Waals surface area (Å²) in [6, 6.07) is 5.69. The minimum atomic E-state index is -0.0510. The predicted octanol–water partition coefficient (Wildman–Crippen LogP) is 4.27. The van der Waals surface area contributed by atoms with Crippen LogP contribution < -0.4 is 5.32 Å². The number of aryl methyl sites for hydroxylation is 1. The fraction of sp³-hybridized carbons (Fsp3) is 0.273. The normalized spacial score (nSPS) is 13.0. The molecule has 1 unspecified atom stereocenters. The predicted molar refractivity (Wildman–Crippen MR) is 68.7 cm³/mol. The molecule has 2 heterocycles. The van der Waals surface area contributed by atoms with Crippen molar-refractivity contribution in [1.29, 1.82) is 0 Å². The molecule has 0 aliphatic carbocycles. The summed E-state index contributed by atoms with van der Waals surface area (Å²) < 4.78 is 6.97. The zero-order valence-electron chi connectivity index (χ0n) is 8.88. The molecule has 0 aliphatic heterocycles. The van der Waals surface area contributed by atoms with Gasteiger partial charge in [0.25, 0.3) is 0 Å². The van der Waals surface area contributed by atoms with Crippen LogP contribution in [0.5, 0.6) is 0 Å². The number of hydrogen-bond acceptors (Lipinski definition) is 3. The highest BCUT2D eigenvalue weighted by atomic mass is 35.5. The lowest BCUT2D eigenvalue weighted by Gasteiger charge is -2.12. The number of nitrogens with one attached hydrogen (secondary N) is 1. The largest absolute Gasteiger partial charge is 0.464 e. The van der Waals surface area contributed by atoms with E-state index in [0.29, 0.717) is 8.67 Å². The topological polar surface area (TPSA) is 25.2 Å². The second kappa shape index (κ2) is 4.80. The zero-order valence-corrected chi connectivity index (χ0v) is 11.2. The molecule has 1 N–H and O–H groups in total. The highest BCUT2D eigenvalue weighted by molar-refractivity contribution is 7.20. The van der Waals surface area contributed by atoms with Crippen molar-refractivity contribution in [3.05, 3.63) is 44.0 Å². The maximum atomic E-state index is 6.13. The van der Waals surface area contributed by atoms with Gasteiger partial charge in [-0.05, 0) is 32.2 Å². The minimum absolute atomic E-state index is 0.0510. The molecule has 0 aromatic carbocycles. The summed E-state index contributed by atoms with van der Waals surface area (Å²) in [4.78, 5) is 0. The van der Waals surface area contributed by atoms with E-state index < -0.39 is 0 Å². The monoisotopic (exact) mass is 275 g/mol. The van der Waals surface area contributed by atoms with Gasteiger partial charge in [-0.3, -0.25) is 0 Å². The first-order valence-corrected chi connectivity index (χ1v) is 6.37. The summed E-state index contributed by atoms with van der Waals surface area (Å²) in [5, 5.41) is 3.17. The number of halogens is 2. The van der Waals surface area contributed by atoms with Crippen LogP contribution in [-0.2, 0) is 0 Å². The van der Waals surface area contributed by atoms with Gasteiger partial charge in [0.2, 0.25) is 0 Å². The summed E-state index contributed by atoms with van der Waals surface area (Å²) in [6.07, 6.45) is 0. The Morgan fingerprint density at radius 3 is 2.56 bits per heavy atom. The van der Waals surface area contributed by atoms with Gasteiger partial charge in [-0.25, -0.2) is 0 Å². The smallest absolute Gasteiger partial charge is 0.125 e. The van der Waals surface area contributed by atoms with E-state index in [0.717, 1.165) is 17.1 Å². The number of furan rings is 1. The Kier molecular flexibility index (Phi) is 3.60. The highest BCUT2D eigenvalue weighted by Gasteiger charge is 2.20. The molecular formula is C11H11Cl2NOS. The highest BCUT2D eigenvalue weighted by Crippen LogP contribution is 2.37. The maximum absolute atomic E-state index is 6.13. The quantitative estimate of drug-likeness (QED) is 0.905. The van der Waals surface area contributed by atoms with E-state index in [1.165, 1.54) is 11.3 Å². The zero-order chi connectivity index (χ0) is 11.7. The average Bonchev–Trinajstić information content (AvgIpc) is 2.76. The Morgan fingerprint density at radius 2 is 2.12 bits per heavy atom. The molecule has 2 aromatic heterocycles. The van der Waals surface area contributed by atoms with E-state index in [4.69, 9.17) is 27.6 Å². The summed E-state index contributed by atoms with van der Waals surface area (Å²) in [5.41, 5.74) is 0.952. The van der Waals surface area contributed by atoms with Crippen LogP contribution in [-0.4, -0.2) is 7.05 Å². The molecule has 1 atom stereocenters. The molecule has 2 nitrogen and oxygen atoms in total. The van der Waals surface area contributed by atoms with Gasteiger partial charge in [0.15, 0.2) is 0 Å². The summed E-state index contributed by atoms with van der Waals surface area (Å²) in [7, 11) is 1.87. The summed E-state index contributed by atoms with van der Waals surface area (Å²) >= 11 is 13.4. The Morgan fingerprint density at radius 1 is 1.38 bits per heavy atom. The fourth-order valence-corrected chi connectivity index (χ4v) is 3.14. The lowest BCUT2D eigenvalue weighted by atomic mass is 10.1. The Labute approximate surface area is 108 Å². The molecule has 0 amide bonds. The van der Waals surface area contributed by atoms with Gasteiger partial charge in [-0.15, -0.1) is 11.3 Å². The molecule has 0 spiro atoms. The van der Waals surface area contributed by atoms with Crippen LogP contribution in [0.25, 0.3) is 0 Å². The number of thiophene rings is 1. The van der Waals surface area contributed by atoms with Gasteiger partial charge >= 0.3 is 0 Å². The Bertz CT molecular complexity index is 492. The van der Waals surface area contributed by atoms with Crippen LogP contribution in [0.4, 0.5) is 0 Å². The Hall–Kier alpha value is -0.480. The van der Waals surface area contributed by atoms with Crippen molar-refractivity contribution in [2.75, 3.05) is 7.05 Å². The molecule has 86 valence electrons. The fourth-order valence-electron chi connectivity index (χ4n) is 1.61. The lowest BCUT2D eigenvalue weighted by Crippen LogP contribution is -2.16. The number of rotatable bonds is 3. The molecule has 0 saturated carbocycles. The van der Waals surface area contributed by atoms with Crippen molar-refractivity contribution >= 4 is 34.5 Å². The maximum Gasteiger partial charge on any atom is 0.125 e. The number of hydrogen-bond donors (Lipinski definition) is 1. The molecule has 0 aliphatic rings. The van der Waals surface area contributed by atoms with Crippen LogP contribution in [0.1, 0.15) is 23.1 Å². The van der Waals surface area contributed by atoms with Crippen LogP contribution in [0.3, 0.4) is 0 Å². The van der Waals surface area contributed by atoms with Crippen molar-refractivity contribution in [2.45, 2.75) is 13.0 Å². The standard InChI is InChI=1S/C11H11Cl2NOS/c1-6-3-4-8(15-6)10(14-2)7-5-9(12)16-11(7)13/h3-5,10,14H,1-2H3. The van der Waals surface area contributed by atoms with E-state index in [1.54, 1.807) is 0 Å². The third kappa shape index (κ3) is 2.28. The van der Waals surface area contributed by atoms with E-state index >= 15 is 0 Å². The first kappa shape index (κ1) is 12.0. The first-order valence-electron chi connectivity index (χ1n) is 4.80. The molecule has 2 rings (SSSR count). The van der Waals surface area contributed by atoms with E-state index in [9.17, 15) is 0 Å². The third-order valence-corrected chi connectivity index (χ3v) is 3.85. The third-order valence-electron chi connectivity index (χ3n) is 2.33. The van der Waals surface area contributed by atoms with Gasteiger partial charge in [0.05, 0.1) is 14.7 Å². The van der Waals surface area contributed by atoms with Gasteiger partial charge in [0, 0.05) is 5.56 Å². The van der Waals surface area contributed by atoms with Crippen molar-refractivity contribution in [1.82, 2.24) is 5.32 Å². The van der Waals surface area contributed by atoms with Crippen molar-refractivity contribution in [3.8, 4) is 0 Å². The average molecular weight is 276 g/mol. The second-order valence-electron chi connectivity index (χ2n) is 3.45. The van der Waals surface area contributed by atoms with Crippen LogP contribution in [0.2, 0.25) is 8.67 Å². The van der Waals surface area contributed by atoms with Crippen molar-refractivity contribution in [2.24, 2.45) is 0 Å². The lowest BCUT2D eigenvalue weighted by molar-refractivity contribution is 0.444. The molecule has 16 heavy (non-hydrogen) atoms. The van der Waals surface area contributed by atoms with Crippen LogP contribution in [0, 0.1) is 6.92 Å². The van der Waals surface area contributed by atoms with Gasteiger partial charge in [0.1, 0.15) is 11.5 Å². The second-order valence-corrected chi connectivity index (χ2v) is 5.74. The summed E-state index contributed by atoms with van der Waals surface area (Å²) in [6.45, 7) is 1.92. The van der Waals surface area contributed by atoms with Crippen molar-refractivity contribution in [3.63, 3.8) is 0 Å². The Balaban J connectivity index is 2.40. The molecule has 0 radical (unpaired) electrons. The molecule has 0 fully saturated rings. The molecule has 2 aromatic rings. The molecule has 5 heteroatoms. The molecule has 0 saturated heterocycles. The van der Waals surface area contributed by atoms with Crippen LogP contribution in [0.15, 0.2) is 22.6 Å². The SMILES string of the molecule is CNC(c1ccc(C)o1)c1cc(Cl)sc1Cl. The van der Waals surface area contributed by atoms with Gasteiger partial charge < -0.3 is 9.73 Å². The van der Waals surface area contributed by atoms with E-state index in [1.807, 2.05) is 32.2 Å². The van der Waals surface area contributed by atoms with Gasteiger partial charge in [-0.1, -0.05) is 23.2 Å². The van der Waals surface area contributed by atoms with Gasteiger partial charge in [-0.2, -0.15) is 0 Å². The van der Waals surface area contributed by atoms with E-state index in [2.05, 4.69) is 5.32 Å². The van der Waals surface area contributed by atoms with Crippen molar-refractivity contribution < 1.29 is 4.42 Å². The van der Waals surface area contributed by atoms with E-state index in [-0.39, 0.29) is 6.04 Å². The molecular weight excluding hydrogens is 265 g/mol. The minimum Gasteiger partial charge on any atom is -0.464 e. The van der Waals surface area contributed by atoms with Crippen LogP contribution >= 0.6 is 34.5 Å². The molecule has 0 bridgehead atoms. The summed E-state index contributed by atoms with van der Waals surface area (Å²) in [5.74, 6) is 1.73.